The van der Waals surface area contributed by atoms with Gasteiger partial charge in [0, 0.05) is 27.5 Å². The molecule has 18 heavy (non-hydrogen) atoms. The number of nitrogens with one attached hydrogen (secondary N) is 1. The Morgan fingerprint density at radius 3 is 2.67 bits per heavy atom. The molecule has 1 amide bonds. The molecule has 0 saturated heterocycles. The maximum absolute atomic E-state index is 12.1. The van der Waals surface area contributed by atoms with Gasteiger partial charge in [-0.25, -0.2) is 0 Å². The number of rotatable bonds is 2. The zero-order valence-corrected chi connectivity index (χ0v) is 12.6. The number of benzene rings is 1. The molecule has 0 spiro atoms. The van der Waals surface area contributed by atoms with Crippen molar-refractivity contribution in [2.75, 3.05) is 0 Å². The summed E-state index contributed by atoms with van der Waals surface area (Å²) < 4.78 is 0.876. The lowest BCUT2D eigenvalue weighted by Gasteiger charge is -2.22. The molecule has 1 aliphatic rings. The summed E-state index contributed by atoms with van der Waals surface area (Å²) in [7, 11) is 0. The van der Waals surface area contributed by atoms with Crippen molar-refractivity contribution in [2.24, 2.45) is 0 Å². The molecule has 0 heterocycles. The van der Waals surface area contributed by atoms with E-state index in [2.05, 4.69) is 27.9 Å². The first-order valence-electron chi connectivity index (χ1n) is 5.84. The van der Waals surface area contributed by atoms with E-state index in [-0.39, 0.29) is 17.7 Å². The minimum Gasteiger partial charge on any atom is -0.349 e. The molecular formula is C13H13ClINO2. The molecule has 1 fully saturated rings. The highest BCUT2D eigenvalue weighted by Crippen LogP contribution is 2.20. The summed E-state index contributed by atoms with van der Waals surface area (Å²) >= 11 is 8.01. The van der Waals surface area contributed by atoms with Gasteiger partial charge in [-0.05, 0) is 53.6 Å². The van der Waals surface area contributed by atoms with E-state index < -0.39 is 0 Å². The lowest BCUT2D eigenvalue weighted by atomic mass is 9.94. The number of carbonyl (C=O) groups is 2. The van der Waals surface area contributed by atoms with Crippen LogP contribution in [0, 0.1) is 3.57 Å². The molecule has 1 aromatic carbocycles. The lowest BCUT2D eigenvalue weighted by Crippen LogP contribution is -2.38. The maximum Gasteiger partial charge on any atom is 0.252 e. The van der Waals surface area contributed by atoms with Gasteiger partial charge in [0.2, 0.25) is 0 Å². The molecule has 0 radical (unpaired) electrons. The van der Waals surface area contributed by atoms with Crippen LogP contribution in [0.4, 0.5) is 0 Å². The Labute approximate surface area is 124 Å². The number of hydrogen-bond donors (Lipinski definition) is 1. The van der Waals surface area contributed by atoms with E-state index >= 15 is 0 Å². The molecule has 3 nitrogen and oxygen atoms in total. The van der Waals surface area contributed by atoms with E-state index in [1.54, 1.807) is 12.1 Å². The summed E-state index contributed by atoms with van der Waals surface area (Å²) in [5, 5.41) is 3.52. The van der Waals surface area contributed by atoms with Gasteiger partial charge >= 0.3 is 0 Å². The Bertz CT molecular complexity index is 480. The topological polar surface area (TPSA) is 46.2 Å². The van der Waals surface area contributed by atoms with Crippen molar-refractivity contribution in [1.29, 1.82) is 0 Å². The van der Waals surface area contributed by atoms with Crippen LogP contribution in [0.1, 0.15) is 36.0 Å². The smallest absolute Gasteiger partial charge is 0.252 e. The third kappa shape index (κ3) is 3.45. The number of ketones is 1. The third-order valence-electron chi connectivity index (χ3n) is 3.05. The standard InChI is InChI=1S/C13H13ClINO2/c14-8-1-6-12(15)11(7-8)13(18)16-9-2-4-10(17)5-3-9/h1,6-7,9H,2-5H2,(H,16,18). The van der Waals surface area contributed by atoms with Crippen LogP contribution in [0.5, 0.6) is 0 Å². The number of carbonyl (C=O) groups excluding carboxylic acids is 2. The summed E-state index contributed by atoms with van der Waals surface area (Å²) in [5.41, 5.74) is 0.597. The number of hydrogen-bond acceptors (Lipinski definition) is 2. The van der Waals surface area contributed by atoms with E-state index in [0.29, 0.717) is 23.4 Å². The molecule has 0 atom stereocenters. The molecule has 1 aliphatic carbocycles. The van der Waals surface area contributed by atoms with Gasteiger partial charge in [0.15, 0.2) is 0 Å². The second-order valence-corrected chi connectivity index (χ2v) is 6.01. The average Bonchev–Trinajstić information content (AvgIpc) is 2.35. The summed E-state index contributed by atoms with van der Waals surface area (Å²) in [6.45, 7) is 0. The molecule has 96 valence electrons. The first kappa shape index (κ1) is 13.8. The van der Waals surface area contributed by atoms with Crippen LogP contribution in [0.3, 0.4) is 0 Å². The first-order chi connectivity index (χ1) is 8.56. The molecule has 0 unspecified atom stereocenters. The fraction of sp³-hybridized carbons (Fsp3) is 0.385. The largest absolute Gasteiger partial charge is 0.349 e. The van der Waals surface area contributed by atoms with Gasteiger partial charge in [0.25, 0.3) is 5.91 Å². The summed E-state index contributed by atoms with van der Waals surface area (Å²) in [4.78, 5) is 23.2. The highest BCUT2D eigenvalue weighted by Gasteiger charge is 2.21. The predicted molar refractivity (Wildman–Crippen MR) is 78.9 cm³/mol. The summed E-state index contributed by atoms with van der Waals surface area (Å²) in [5.74, 6) is 0.180. The molecule has 2 rings (SSSR count). The Morgan fingerprint density at radius 1 is 1.33 bits per heavy atom. The van der Waals surface area contributed by atoms with Crippen molar-refractivity contribution < 1.29 is 9.59 Å². The van der Waals surface area contributed by atoms with Crippen molar-refractivity contribution in [3.63, 3.8) is 0 Å². The van der Waals surface area contributed by atoms with Crippen LogP contribution >= 0.6 is 34.2 Å². The van der Waals surface area contributed by atoms with Crippen molar-refractivity contribution in [2.45, 2.75) is 31.7 Å². The van der Waals surface area contributed by atoms with Crippen LogP contribution < -0.4 is 5.32 Å². The Hall–Kier alpha value is -0.620. The number of amides is 1. The van der Waals surface area contributed by atoms with E-state index in [1.807, 2.05) is 6.07 Å². The quantitative estimate of drug-likeness (QED) is 0.805. The van der Waals surface area contributed by atoms with Crippen molar-refractivity contribution in [1.82, 2.24) is 5.32 Å². The molecule has 1 N–H and O–H groups in total. The zero-order valence-electron chi connectivity index (χ0n) is 9.71. The van der Waals surface area contributed by atoms with E-state index in [9.17, 15) is 9.59 Å². The molecule has 1 saturated carbocycles. The average molecular weight is 378 g/mol. The molecule has 0 aliphatic heterocycles. The number of halogens is 2. The van der Waals surface area contributed by atoms with Gasteiger partial charge in [-0.2, -0.15) is 0 Å². The fourth-order valence-electron chi connectivity index (χ4n) is 2.02. The Morgan fingerprint density at radius 2 is 2.00 bits per heavy atom. The normalized spacial score (nSPS) is 16.7. The zero-order chi connectivity index (χ0) is 13.1. The molecular weight excluding hydrogens is 365 g/mol. The van der Waals surface area contributed by atoms with Gasteiger partial charge in [0.05, 0.1) is 5.56 Å². The van der Waals surface area contributed by atoms with Crippen LogP contribution in [0.15, 0.2) is 18.2 Å². The van der Waals surface area contributed by atoms with E-state index in [0.717, 1.165) is 16.4 Å². The predicted octanol–water partition coefficient (Wildman–Crippen LogP) is 3.19. The maximum atomic E-state index is 12.1. The number of Topliss-reactive ketones (excluding diaryl/α,β-unsaturated/α-hetero) is 1. The molecule has 0 bridgehead atoms. The summed E-state index contributed by atoms with van der Waals surface area (Å²) in [6, 6.07) is 5.36. The van der Waals surface area contributed by atoms with Gasteiger partial charge < -0.3 is 5.32 Å². The second kappa shape index (κ2) is 6.02. The minimum absolute atomic E-state index is 0.102. The molecule has 5 heteroatoms. The van der Waals surface area contributed by atoms with Crippen LogP contribution in [-0.2, 0) is 4.79 Å². The van der Waals surface area contributed by atoms with Gasteiger partial charge in [-0.1, -0.05) is 11.6 Å². The van der Waals surface area contributed by atoms with Crippen molar-refractivity contribution >= 4 is 45.9 Å². The van der Waals surface area contributed by atoms with Crippen molar-refractivity contribution in [3.8, 4) is 0 Å². The van der Waals surface area contributed by atoms with Gasteiger partial charge in [-0.3, -0.25) is 9.59 Å². The van der Waals surface area contributed by atoms with Crippen LogP contribution in [-0.4, -0.2) is 17.7 Å². The highest BCUT2D eigenvalue weighted by molar-refractivity contribution is 14.1. The molecule has 1 aromatic rings. The highest BCUT2D eigenvalue weighted by atomic mass is 127. The minimum atomic E-state index is -0.110. The second-order valence-electron chi connectivity index (χ2n) is 4.41. The van der Waals surface area contributed by atoms with Crippen LogP contribution in [0.25, 0.3) is 0 Å². The fourth-order valence-corrected chi connectivity index (χ4v) is 2.77. The Balaban J connectivity index is 2.03. The lowest BCUT2D eigenvalue weighted by molar-refractivity contribution is -0.120. The SMILES string of the molecule is O=C1CCC(NC(=O)c2cc(Cl)ccc2I)CC1. The Kier molecular flexibility index (Phi) is 4.61. The van der Waals surface area contributed by atoms with Crippen molar-refractivity contribution in [3.05, 3.63) is 32.4 Å². The molecule has 0 aromatic heterocycles. The van der Waals surface area contributed by atoms with E-state index in [1.165, 1.54) is 0 Å². The van der Waals surface area contributed by atoms with Crippen LogP contribution in [0.2, 0.25) is 5.02 Å². The van der Waals surface area contributed by atoms with E-state index in [4.69, 9.17) is 11.6 Å². The first-order valence-corrected chi connectivity index (χ1v) is 7.29. The van der Waals surface area contributed by atoms with Gasteiger partial charge in [0.1, 0.15) is 5.78 Å². The monoisotopic (exact) mass is 377 g/mol. The summed E-state index contributed by atoms with van der Waals surface area (Å²) in [6.07, 6.45) is 2.61. The third-order valence-corrected chi connectivity index (χ3v) is 4.23. The van der Waals surface area contributed by atoms with Gasteiger partial charge in [-0.15, -0.1) is 0 Å².